The molecule has 2 aliphatic heterocycles. The van der Waals surface area contributed by atoms with Gasteiger partial charge in [-0.3, -0.25) is 9.59 Å². The molecule has 2 fully saturated rings. The lowest BCUT2D eigenvalue weighted by molar-refractivity contribution is -0.128. The van der Waals surface area contributed by atoms with E-state index in [1.807, 2.05) is 19.9 Å². The quantitative estimate of drug-likeness (QED) is 0.570. The van der Waals surface area contributed by atoms with Crippen molar-refractivity contribution in [1.29, 1.82) is 0 Å². The smallest absolute Gasteiger partial charge is 0.220 e. The second kappa shape index (κ2) is 7.61. The second-order valence-corrected chi connectivity index (χ2v) is 8.87. The molecule has 142 valence electrons. The van der Waals surface area contributed by atoms with Crippen molar-refractivity contribution in [2.45, 2.75) is 90.3 Å². The van der Waals surface area contributed by atoms with Gasteiger partial charge < -0.3 is 10.1 Å². The van der Waals surface area contributed by atoms with Crippen LogP contribution in [0, 0.1) is 11.3 Å². The molecule has 2 rings (SSSR count). The summed E-state index contributed by atoms with van der Waals surface area (Å²) in [6.07, 6.45) is 8.42. The van der Waals surface area contributed by atoms with Gasteiger partial charge in [-0.1, -0.05) is 39.7 Å². The van der Waals surface area contributed by atoms with E-state index < -0.39 is 5.41 Å². The minimum absolute atomic E-state index is 0.0166. The molecule has 3 atom stereocenters. The molecule has 0 saturated carbocycles. The molecule has 0 radical (unpaired) electrons. The summed E-state index contributed by atoms with van der Waals surface area (Å²) in [4.78, 5) is 24.6. The Hall–Kier alpha value is -1.16. The lowest BCUT2D eigenvalue weighted by Crippen LogP contribution is -2.32. The highest BCUT2D eigenvalue weighted by atomic mass is 16.6. The van der Waals surface area contributed by atoms with Crippen LogP contribution in [0.15, 0.2) is 12.7 Å². The van der Waals surface area contributed by atoms with Crippen molar-refractivity contribution in [2.24, 2.45) is 11.3 Å². The largest absolute Gasteiger partial charge is 0.358 e. The molecule has 0 aromatic carbocycles. The summed E-state index contributed by atoms with van der Waals surface area (Å²) in [6, 6.07) is 0. The van der Waals surface area contributed by atoms with Crippen LogP contribution in [0.1, 0.15) is 79.1 Å². The van der Waals surface area contributed by atoms with E-state index in [0.717, 1.165) is 32.1 Å². The molecule has 2 heterocycles. The third-order valence-corrected chi connectivity index (χ3v) is 6.36. The summed E-state index contributed by atoms with van der Waals surface area (Å²) in [7, 11) is 0. The van der Waals surface area contributed by atoms with Crippen molar-refractivity contribution in [1.82, 2.24) is 5.32 Å². The SMILES string of the molecule is C=CC12CCNC(=O)CCC(C)(C)C(=O)CCC(C)CCCC1(C)O2. The summed E-state index contributed by atoms with van der Waals surface area (Å²) in [5.74, 6) is 0.835. The Balaban J connectivity index is 2.02. The minimum atomic E-state index is -0.422. The number of carbonyl (C=O) groups is 2. The Bertz CT molecular complexity index is 527. The van der Waals surface area contributed by atoms with Gasteiger partial charge in [-0.05, 0) is 32.1 Å². The molecule has 2 aliphatic rings. The van der Waals surface area contributed by atoms with Crippen molar-refractivity contribution < 1.29 is 14.3 Å². The highest BCUT2D eigenvalue weighted by Gasteiger charge is 2.63. The lowest BCUT2D eigenvalue weighted by Gasteiger charge is -2.24. The van der Waals surface area contributed by atoms with E-state index in [2.05, 4.69) is 25.7 Å². The molecular weight excluding hydrogens is 314 g/mol. The third-order valence-electron chi connectivity index (χ3n) is 6.36. The van der Waals surface area contributed by atoms with Crippen LogP contribution in [0.3, 0.4) is 0 Å². The van der Waals surface area contributed by atoms with Gasteiger partial charge in [-0.25, -0.2) is 0 Å². The molecule has 4 heteroatoms. The van der Waals surface area contributed by atoms with E-state index in [1.165, 1.54) is 0 Å². The topological polar surface area (TPSA) is 58.7 Å². The van der Waals surface area contributed by atoms with E-state index in [-0.39, 0.29) is 22.9 Å². The third kappa shape index (κ3) is 4.72. The Morgan fingerprint density at radius 1 is 1.12 bits per heavy atom. The fourth-order valence-electron chi connectivity index (χ4n) is 4.00. The number of fused-ring (bicyclic) bond motifs is 1. The van der Waals surface area contributed by atoms with Gasteiger partial charge in [0.05, 0.1) is 5.60 Å². The van der Waals surface area contributed by atoms with Gasteiger partial charge in [-0.2, -0.15) is 0 Å². The number of nitrogens with one attached hydrogen (secondary N) is 1. The van der Waals surface area contributed by atoms with Gasteiger partial charge in [-0.15, -0.1) is 6.58 Å². The minimum Gasteiger partial charge on any atom is -0.358 e. The number of epoxide rings is 1. The number of amides is 1. The summed E-state index contributed by atoms with van der Waals surface area (Å²) < 4.78 is 6.06. The molecule has 2 saturated heterocycles. The van der Waals surface area contributed by atoms with Gasteiger partial charge in [0.15, 0.2) is 0 Å². The number of hydrogen-bond acceptors (Lipinski definition) is 3. The Kier molecular flexibility index (Phi) is 6.13. The van der Waals surface area contributed by atoms with Crippen LogP contribution in [-0.4, -0.2) is 29.4 Å². The van der Waals surface area contributed by atoms with Crippen LogP contribution >= 0.6 is 0 Å². The van der Waals surface area contributed by atoms with E-state index >= 15 is 0 Å². The van der Waals surface area contributed by atoms with Crippen molar-refractivity contribution >= 4 is 11.7 Å². The summed E-state index contributed by atoms with van der Waals surface area (Å²) in [6.45, 7) is 12.9. The van der Waals surface area contributed by atoms with Crippen molar-refractivity contribution in [3.8, 4) is 0 Å². The zero-order chi connectivity index (χ0) is 18.7. The maximum atomic E-state index is 12.5. The summed E-state index contributed by atoms with van der Waals surface area (Å²) in [5.41, 5.74) is -0.876. The Morgan fingerprint density at radius 3 is 2.52 bits per heavy atom. The van der Waals surface area contributed by atoms with Crippen LogP contribution in [0.25, 0.3) is 0 Å². The molecule has 1 N–H and O–H groups in total. The number of ketones is 1. The number of ether oxygens (including phenoxy) is 1. The van der Waals surface area contributed by atoms with Crippen molar-refractivity contribution in [3.05, 3.63) is 12.7 Å². The van der Waals surface area contributed by atoms with E-state index in [4.69, 9.17) is 4.74 Å². The maximum Gasteiger partial charge on any atom is 0.220 e. The van der Waals surface area contributed by atoms with E-state index in [1.54, 1.807) is 0 Å². The van der Waals surface area contributed by atoms with Crippen LogP contribution in [0.5, 0.6) is 0 Å². The van der Waals surface area contributed by atoms with Gasteiger partial charge in [0.1, 0.15) is 11.4 Å². The Labute approximate surface area is 152 Å². The number of carbonyl (C=O) groups excluding carboxylic acids is 2. The van der Waals surface area contributed by atoms with E-state index in [0.29, 0.717) is 31.7 Å². The number of rotatable bonds is 1. The first-order valence-corrected chi connectivity index (χ1v) is 9.78. The lowest BCUT2D eigenvalue weighted by atomic mass is 9.80. The zero-order valence-electron chi connectivity index (χ0n) is 16.5. The molecule has 0 aliphatic carbocycles. The van der Waals surface area contributed by atoms with Gasteiger partial charge in [0.2, 0.25) is 5.91 Å². The molecule has 3 unspecified atom stereocenters. The first-order valence-electron chi connectivity index (χ1n) is 9.78. The van der Waals surface area contributed by atoms with Crippen LogP contribution in [0.4, 0.5) is 0 Å². The van der Waals surface area contributed by atoms with Crippen LogP contribution in [0.2, 0.25) is 0 Å². The van der Waals surface area contributed by atoms with Crippen molar-refractivity contribution in [3.63, 3.8) is 0 Å². The molecular formula is C21H35NO3. The first kappa shape index (κ1) is 20.2. The molecule has 0 aromatic rings. The number of Topliss-reactive ketones (excluding diaryl/α,β-unsaturated/α-hetero) is 1. The summed E-state index contributed by atoms with van der Waals surface area (Å²) in [5, 5.41) is 2.98. The average Bonchev–Trinajstić information content (AvgIpc) is 3.14. The highest BCUT2D eigenvalue weighted by molar-refractivity contribution is 5.85. The zero-order valence-corrected chi connectivity index (χ0v) is 16.5. The Morgan fingerprint density at radius 2 is 1.84 bits per heavy atom. The fourth-order valence-corrected chi connectivity index (χ4v) is 4.00. The molecule has 4 nitrogen and oxygen atoms in total. The standard InChI is InChI=1S/C21H35NO3/c1-6-21-14-15-22-18(24)11-13-19(3,4)17(23)10-9-16(2)8-7-12-20(21,5)25-21/h6,16H,1,7-15H2,2-5H3,(H,22,24). The van der Waals surface area contributed by atoms with Gasteiger partial charge in [0.25, 0.3) is 0 Å². The fraction of sp³-hybridized carbons (Fsp3) is 0.810. The average molecular weight is 350 g/mol. The highest BCUT2D eigenvalue weighted by Crippen LogP contribution is 2.54. The van der Waals surface area contributed by atoms with Crippen molar-refractivity contribution in [2.75, 3.05) is 6.54 Å². The molecule has 0 spiro atoms. The molecule has 0 aromatic heterocycles. The second-order valence-electron chi connectivity index (χ2n) is 8.87. The van der Waals surface area contributed by atoms with Gasteiger partial charge >= 0.3 is 0 Å². The molecule has 1 amide bonds. The normalized spacial score (nSPS) is 37.7. The first-order chi connectivity index (χ1) is 11.6. The number of hydrogen-bond donors (Lipinski definition) is 1. The predicted molar refractivity (Wildman–Crippen MR) is 100 cm³/mol. The molecule has 0 bridgehead atoms. The van der Waals surface area contributed by atoms with Crippen LogP contribution in [-0.2, 0) is 14.3 Å². The predicted octanol–water partition coefficient (Wildman–Crippen LogP) is 4.18. The van der Waals surface area contributed by atoms with Gasteiger partial charge in [0, 0.05) is 31.2 Å². The van der Waals surface area contributed by atoms with Crippen LogP contribution < -0.4 is 5.32 Å². The summed E-state index contributed by atoms with van der Waals surface area (Å²) >= 11 is 0. The monoisotopic (exact) mass is 349 g/mol. The molecule has 25 heavy (non-hydrogen) atoms. The van der Waals surface area contributed by atoms with E-state index in [9.17, 15) is 9.59 Å². The maximum absolute atomic E-state index is 12.5.